The van der Waals surface area contributed by atoms with Crippen LogP contribution in [0.3, 0.4) is 0 Å². The van der Waals surface area contributed by atoms with E-state index >= 15 is 0 Å². The Labute approximate surface area is 123 Å². The lowest BCUT2D eigenvalue weighted by Gasteiger charge is -2.41. The van der Waals surface area contributed by atoms with Gasteiger partial charge in [-0.05, 0) is 30.9 Å². The maximum Gasteiger partial charge on any atom is 0.0544 e. The molecule has 2 heterocycles. The van der Waals surface area contributed by atoms with Crippen molar-refractivity contribution in [1.82, 2.24) is 15.2 Å². The van der Waals surface area contributed by atoms with E-state index in [1.165, 1.54) is 25.0 Å². The van der Waals surface area contributed by atoms with Crippen molar-refractivity contribution >= 4 is 0 Å². The molecule has 1 aliphatic rings. The predicted molar refractivity (Wildman–Crippen MR) is 84.6 cm³/mol. The third-order valence-corrected chi connectivity index (χ3v) is 4.08. The smallest absolute Gasteiger partial charge is 0.0544 e. The number of hydrogen-bond acceptors (Lipinski definition) is 3. The molecule has 1 saturated heterocycles. The van der Waals surface area contributed by atoms with Crippen LogP contribution in [0.15, 0.2) is 24.4 Å². The molecule has 0 aliphatic carbocycles. The van der Waals surface area contributed by atoms with Gasteiger partial charge in [-0.1, -0.05) is 33.3 Å². The lowest BCUT2D eigenvalue weighted by Crippen LogP contribution is -2.56. The molecule has 3 heteroatoms. The lowest BCUT2D eigenvalue weighted by molar-refractivity contribution is 0.106. The fraction of sp³-hybridized carbons (Fsp3) is 0.706. The van der Waals surface area contributed by atoms with Crippen molar-refractivity contribution in [2.45, 2.75) is 58.7 Å². The number of piperazine rings is 1. The number of rotatable bonds is 6. The number of nitrogens with one attached hydrogen (secondary N) is 1. The van der Waals surface area contributed by atoms with Gasteiger partial charge >= 0.3 is 0 Å². The Morgan fingerprint density at radius 3 is 2.90 bits per heavy atom. The van der Waals surface area contributed by atoms with Gasteiger partial charge in [0.15, 0.2) is 0 Å². The number of nitrogens with zero attached hydrogens (tertiary/aromatic N) is 2. The van der Waals surface area contributed by atoms with Gasteiger partial charge in [0.25, 0.3) is 0 Å². The SMILES string of the molecule is CCCC1CNC(CC(C)C)CN1Cc1ccccn1. The van der Waals surface area contributed by atoms with Gasteiger partial charge in [-0.15, -0.1) is 0 Å². The first-order chi connectivity index (χ1) is 9.69. The van der Waals surface area contributed by atoms with Crippen molar-refractivity contribution in [3.63, 3.8) is 0 Å². The highest BCUT2D eigenvalue weighted by atomic mass is 15.2. The summed E-state index contributed by atoms with van der Waals surface area (Å²) >= 11 is 0. The third-order valence-electron chi connectivity index (χ3n) is 4.08. The Balaban J connectivity index is 1.99. The van der Waals surface area contributed by atoms with Crippen LogP contribution in [0.25, 0.3) is 0 Å². The van der Waals surface area contributed by atoms with E-state index in [0.29, 0.717) is 12.1 Å². The third kappa shape index (κ3) is 4.57. The first-order valence-corrected chi connectivity index (χ1v) is 8.06. The second-order valence-corrected chi connectivity index (χ2v) is 6.43. The molecule has 0 bridgehead atoms. The molecule has 2 atom stereocenters. The van der Waals surface area contributed by atoms with Gasteiger partial charge in [0, 0.05) is 37.9 Å². The second-order valence-electron chi connectivity index (χ2n) is 6.43. The van der Waals surface area contributed by atoms with E-state index in [0.717, 1.165) is 25.6 Å². The van der Waals surface area contributed by atoms with E-state index in [2.05, 4.69) is 48.1 Å². The molecule has 2 unspecified atom stereocenters. The topological polar surface area (TPSA) is 28.2 Å². The minimum Gasteiger partial charge on any atom is -0.311 e. The Hall–Kier alpha value is -0.930. The highest BCUT2D eigenvalue weighted by Crippen LogP contribution is 2.18. The van der Waals surface area contributed by atoms with Crippen LogP contribution in [0.1, 0.15) is 45.7 Å². The van der Waals surface area contributed by atoms with Crippen LogP contribution < -0.4 is 5.32 Å². The fourth-order valence-corrected chi connectivity index (χ4v) is 3.17. The van der Waals surface area contributed by atoms with Gasteiger partial charge in [0.05, 0.1) is 5.69 Å². The van der Waals surface area contributed by atoms with Crippen LogP contribution in [0.4, 0.5) is 0 Å². The Morgan fingerprint density at radius 2 is 2.25 bits per heavy atom. The van der Waals surface area contributed by atoms with Crippen molar-refractivity contribution in [2.24, 2.45) is 5.92 Å². The molecule has 2 rings (SSSR count). The van der Waals surface area contributed by atoms with Gasteiger partial charge in [0.1, 0.15) is 0 Å². The molecule has 1 N–H and O–H groups in total. The summed E-state index contributed by atoms with van der Waals surface area (Å²) < 4.78 is 0. The average Bonchev–Trinajstić information content (AvgIpc) is 2.42. The number of aromatic nitrogens is 1. The zero-order valence-corrected chi connectivity index (χ0v) is 13.2. The number of hydrogen-bond donors (Lipinski definition) is 1. The van der Waals surface area contributed by atoms with Gasteiger partial charge < -0.3 is 5.32 Å². The van der Waals surface area contributed by atoms with Crippen LogP contribution in [0, 0.1) is 5.92 Å². The van der Waals surface area contributed by atoms with E-state index in [1.54, 1.807) is 0 Å². The Morgan fingerprint density at radius 1 is 1.40 bits per heavy atom. The molecule has 1 aromatic rings. The lowest BCUT2D eigenvalue weighted by atomic mass is 9.98. The highest BCUT2D eigenvalue weighted by Gasteiger charge is 2.27. The van der Waals surface area contributed by atoms with Crippen LogP contribution in [-0.2, 0) is 6.54 Å². The van der Waals surface area contributed by atoms with Crippen LogP contribution in [0.2, 0.25) is 0 Å². The molecule has 1 fully saturated rings. The first kappa shape index (κ1) is 15.5. The molecule has 112 valence electrons. The molecule has 3 nitrogen and oxygen atoms in total. The minimum atomic E-state index is 0.631. The van der Waals surface area contributed by atoms with Crippen molar-refractivity contribution in [3.05, 3.63) is 30.1 Å². The standard InChI is InChI=1S/C17H29N3/c1-4-7-17-11-19-16(10-14(2)3)13-20(17)12-15-8-5-6-9-18-15/h5-6,8-9,14,16-17,19H,4,7,10-13H2,1-3H3. The molecule has 1 aromatic heterocycles. The molecule has 20 heavy (non-hydrogen) atoms. The largest absolute Gasteiger partial charge is 0.311 e. The molecule has 0 spiro atoms. The summed E-state index contributed by atoms with van der Waals surface area (Å²) in [5, 5.41) is 3.74. The zero-order valence-electron chi connectivity index (χ0n) is 13.2. The van der Waals surface area contributed by atoms with Crippen LogP contribution in [0.5, 0.6) is 0 Å². The van der Waals surface area contributed by atoms with E-state index in [9.17, 15) is 0 Å². The summed E-state index contributed by atoms with van der Waals surface area (Å²) in [4.78, 5) is 7.13. The van der Waals surface area contributed by atoms with Crippen molar-refractivity contribution in [3.8, 4) is 0 Å². The summed E-state index contributed by atoms with van der Waals surface area (Å²) in [5.74, 6) is 0.756. The summed E-state index contributed by atoms with van der Waals surface area (Å²) in [6.07, 6.45) is 5.68. The van der Waals surface area contributed by atoms with Gasteiger partial charge in [0.2, 0.25) is 0 Å². The van der Waals surface area contributed by atoms with Crippen LogP contribution in [-0.4, -0.2) is 35.1 Å². The zero-order chi connectivity index (χ0) is 14.4. The normalized spacial score (nSPS) is 24.2. The van der Waals surface area contributed by atoms with Gasteiger partial charge in [-0.2, -0.15) is 0 Å². The molecule has 1 aliphatic heterocycles. The summed E-state index contributed by atoms with van der Waals surface area (Å²) in [7, 11) is 0. The van der Waals surface area contributed by atoms with Crippen molar-refractivity contribution in [1.29, 1.82) is 0 Å². The Kier molecular flexibility index (Phi) is 5.99. The molecule has 0 radical (unpaired) electrons. The van der Waals surface area contributed by atoms with E-state index in [4.69, 9.17) is 0 Å². The monoisotopic (exact) mass is 275 g/mol. The molecule has 0 amide bonds. The molecule has 0 saturated carbocycles. The maximum atomic E-state index is 4.49. The second kappa shape index (κ2) is 7.75. The summed E-state index contributed by atoms with van der Waals surface area (Å²) in [5.41, 5.74) is 1.19. The van der Waals surface area contributed by atoms with Gasteiger partial charge in [-0.25, -0.2) is 0 Å². The van der Waals surface area contributed by atoms with Crippen molar-refractivity contribution < 1.29 is 0 Å². The fourth-order valence-electron chi connectivity index (χ4n) is 3.17. The summed E-state index contributed by atoms with van der Waals surface area (Å²) in [6, 6.07) is 7.51. The van der Waals surface area contributed by atoms with E-state index in [1.807, 2.05) is 12.3 Å². The quantitative estimate of drug-likeness (QED) is 0.865. The number of pyridine rings is 1. The average molecular weight is 275 g/mol. The Bertz CT molecular complexity index is 377. The summed E-state index contributed by atoms with van der Waals surface area (Å²) in [6.45, 7) is 10.2. The minimum absolute atomic E-state index is 0.631. The highest BCUT2D eigenvalue weighted by molar-refractivity contribution is 5.04. The van der Waals surface area contributed by atoms with Gasteiger partial charge in [-0.3, -0.25) is 9.88 Å². The molecular formula is C17H29N3. The van der Waals surface area contributed by atoms with E-state index in [-0.39, 0.29) is 0 Å². The van der Waals surface area contributed by atoms with Crippen LogP contribution >= 0.6 is 0 Å². The molecular weight excluding hydrogens is 246 g/mol. The first-order valence-electron chi connectivity index (χ1n) is 8.06. The van der Waals surface area contributed by atoms with E-state index < -0.39 is 0 Å². The maximum absolute atomic E-state index is 4.49. The predicted octanol–water partition coefficient (Wildman–Crippen LogP) is 3.07. The molecule has 0 aromatic carbocycles. The van der Waals surface area contributed by atoms with Crippen molar-refractivity contribution in [2.75, 3.05) is 13.1 Å².